The van der Waals surface area contributed by atoms with E-state index < -0.39 is 6.10 Å². The van der Waals surface area contributed by atoms with Gasteiger partial charge < -0.3 is 5.11 Å². The highest BCUT2D eigenvalue weighted by Gasteiger charge is 2.12. The van der Waals surface area contributed by atoms with Crippen molar-refractivity contribution in [2.45, 2.75) is 19.4 Å². The van der Waals surface area contributed by atoms with Crippen molar-refractivity contribution in [1.29, 1.82) is 0 Å². The molecule has 0 fully saturated rings. The lowest BCUT2D eigenvalue weighted by molar-refractivity contribution is 0.199. The van der Waals surface area contributed by atoms with Crippen LogP contribution in [0.3, 0.4) is 0 Å². The highest BCUT2D eigenvalue weighted by Crippen LogP contribution is 2.24. The zero-order chi connectivity index (χ0) is 11.3. The van der Waals surface area contributed by atoms with E-state index in [-0.39, 0.29) is 5.82 Å². The Morgan fingerprint density at radius 3 is 2.93 bits per heavy atom. The molecule has 1 rings (SSSR count). The van der Waals surface area contributed by atoms with Crippen molar-refractivity contribution in [3.8, 4) is 0 Å². The molecule has 1 N–H and O–H groups in total. The number of benzene rings is 1. The molecule has 1 atom stereocenters. The first kappa shape index (κ1) is 13.0. The van der Waals surface area contributed by atoms with Gasteiger partial charge in [-0.25, -0.2) is 4.39 Å². The number of aliphatic hydroxyl groups excluding tert-OH is 1. The number of thioether (sulfide) groups is 1. The molecule has 0 saturated heterocycles. The van der Waals surface area contributed by atoms with E-state index in [1.165, 1.54) is 6.07 Å². The topological polar surface area (TPSA) is 20.2 Å². The molecule has 0 amide bonds. The molecular weight excluding hydrogens is 279 g/mol. The highest BCUT2D eigenvalue weighted by molar-refractivity contribution is 9.10. The molecule has 0 saturated carbocycles. The average Bonchev–Trinajstić information content (AvgIpc) is 2.22. The Morgan fingerprint density at radius 2 is 2.27 bits per heavy atom. The van der Waals surface area contributed by atoms with Gasteiger partial charge in [0.1, 0.15) is 5.82 Å². The van der Waals surface area contributed by atoms with Gasteiger partial charge in [-0.2, -0.15) is 11.8 Å². The molecule has 0 heterocycles. The lowest BCUT2D eigenvalue weighted by Gasteiger charge is -2.11. The molecule has 1 aromatic rings. The van der Waals surface area contributed by atoms with Crippen LogP contribution in [0.25, 0.3) is 0 Å². The molecule has 1 nitrogen and oxygen atoms in total. The molecule has 0 aliphatic carbocycles. The molecule has 84 valence electrons. The van der Waals surface area contributed by atoms with Crippen LogP contribution in [-0.2, 0) is 0 Å². The summed E-state index contributed by atoms with van der Waals surface area (Å²) in [5.41, 5.74) is 0.368. The molecule has 4 heteroatoms. The first-order chi connectivity index (χ1) is 7.15. The van der Waals surface area contributed by atoms with Crippen molar-refractivity contribution in [2.24, 2.45) is 0 Å². The van der Waals surface area contributed by atoms with Crippen LogP contribution in [-0.4, -0.2) is 16.6 Å². The number of rotatable bonds is 5. The van der Waals surface area contributed by atoms with Crippen molar-refractivity contribution >= 4 is 27.7 Å². The maximum atomic E-state index is 13.3. The normalized spacial score (nSPS) is 12.8. The summed E-state index contributed by atoms with van der Waals surface area (Å²) in [4.78, 5) is 0. The van der Waals surface area contributed by atoms with Crippen LogP contribution in [0.4, 0.5) is 4.39 Å². The Balaban J connectivity index is 2.64. The molecule has 15 heavy (non-hydrogen) atoms. The smallest absolute Gasteiger partial charge is 0.129 e. The second kappa shape index (κ2) is 6.51. The molecule has 1 unspecified atom stereocenters. The predicted molar refractivity (Wildman–Crippen MR) is 66.7 cm³/mol. The van der Waals surface area contributed by atoms with E-state index in [9.17, 15) is 9.50 Å². The summed E-state index contributed by atoms with van der Waals surface area (Å²) < 4.78 is 14.1. The molecule has 0 bridgehead atoms. The van der Waals surface area contributed by atoms with Crippen molar-refractivity contribution in [3.63, 3.8) is 0 Å². The van der Waals surface area contributed by atoms with Gasteiger partial charge in [0.05, 0.1) is 6.10 Å². The second-order valence-corrected chi connectivity index (χ2v) is 5.32. The van der Waals surface area contributed by atoms with Gasteiger partial charge in [-0.1, -0.05) is 22.9 Å². The Labute approximate surface area is 102 Å². The van der Waals surface area contributed by atoms with E-state index >= 15 is 0 Å². The van der Waals surface area contributed by atoms with Crippen molar-refractivity contribution in [2.75, 3.05) is 11.5 Å². The van der Waals surface area contributed by atoms with E-state index in [4.69, 9.17) is 0 Å². The van der Waals surface area contributed by atoms with Crippen molar-refractivity contribution < 1.29 is 9.50 Å². The number of halogens is 2. The highest BCUT2D eigenvalue weighted by atomic mass is 79.9. The Morgan fingerprint density at radius 1 is 1.53 bits per heavy atom. The fourth-order valence-electron chi connectivity index (χ4n) is 1.20. The summed E-state index contributed by atoms with van der Waals surface area (Å²) in [7, 11) is 0. The Bertz CT molecular complexity index is 319. The van der Waals surface area contributed by atoms with Gasteiger partial charge in [0.15, 0.2) is 0 Å². The number of aliphatic hydroxyl groups is 1. The van der Waals surface area contributed by atoms with E-state index in [0.717, 1.165) is 16.6 Å². The quantitative estimate of drug-likeness (QED) is 0.834. The zero-order valence-corrected chi connectivity index (χ0v) is 10.9. The van der Waals surface area contributed by atoms with Gasteiger partial charge in [-0.3, -0.25) is 0 Å². The summed E-state index contributed by atoms with van der Waals surface area (Å²) in [5, 5.41) is 9.77. The third-order valence-electron chi connectivity index (χ3n) is 1.94. The van der Waals surface area contributed by atoms with Crippen LogP contribution >= 0.6 is 27.7 Å². The maximum Gasteiger partial charge on any atom is 0.129 e. The van der Waals surface area contributed by atoms with Gasteiger partial charge in [0.25, 0.3) is 0 Å². The molecule has 1 aromatic carbocycles. The Kier molecular flexibility index (Phi) is 5.64. The third-order valence-corrected chi connectivity index (χ3v) is 3.68. The molecule has 0 radical (unpaired) electrons. The fraction of sp³-hybridized carbons (Fsp3) is 0.455. The van der Waals surface area contributed by atoms with Gasteiger partial charge in [-0.15, -0.1) is 0 Å². The Hall–Kier alpha value is -0.0600. The van der Waals surface area contributed by atoms with Crippen LogP contribution in [0.2, 0.25) is 0 Å². The monoisotopic (exact) mass is 292 g/mol. The molecule has 0 spiro atoms. The second-order valence-electron chi connectivity index (χ2n) is 3.26. The van der Waals surface area contributed by atoms with Gasteiger partial charge in [0, 0.05) is 15.8 Å². The summed E-state index contributed by atoms with van der Waals surface area (Å²) in [6.45, 7) is 2.08. The van der Waals surface area contributed by atoms with Crippen molar-refractivity contribution in [1.82, 2.24) is 0 Å². The fourth-order valence-corrected chi connectivity index (χ4v) is 2.44. The largest absolute Gasteiger partial charge is 0.387 e. The van der Waals surface area contributed by atoms with Crippen molar-refractivity contribution in [3.05, 3.63) is 34.1 Å². The summed E-state index contributed by atoms with van der Waals surface area (Å²) in [6, 6.07) is 4.63. The lowest BCUT2D eigenvalue weighted by atomic mass is 10.1. The molecule has 0 aliphatic rings. The zero-order valence-electron chi connectivity index (χ0n) is 8.54. The summed E-state index contributed by atoms with van der Waals surface area (Å²) >= 11 is 4.90. The minimum Gasteiger partial charge on any atom is -0.387 e. The molecule has 0 aliphatic heterocycles. The maximum absolute atomic E-state index is 13.3. The van der Waals surface area contributed by atoms with E-state index in [1.807, 2.05) is 0 Å². The van der Waals surface area contributed by atoms with Crippen LogP contribution in [0, 0.1) is 5.82 Å². The standard InChI is InChI=1S/C11H14BrFOS/c1-2-5-15-7-11(14)9-6-8(12)3-4-10(9)13/h3-4,6,11,14H,2,5,7H2,1H3. The first-order valence-corrected chi connectivity index (χ1v) is 6.80. The van der Waals surface area contributed by atoms with Gasteiger partial charge >= 0.3 is 0 Å². The lowest BCUT2D eigenvalue weighted by Crippen LogP contribution is -2.04. The van der Waals surface area contributed by atoms with E-state index in [0.29, 0.717) is 11.3 Å². The van der Waals surface area contributed by atoms with E-state index in [2.05, 4.69) is 22.9 Å². The van der Waals surface area contributed by atoms with Crippen LogP contribution in [0.1, 0.15) is 25.0 Å². The minimum atomic E-state index is -0.723. The number of hydrogen-bond donors (Lipinski definition) is 1. The molecular formula is C11H14BrFOS. The summed E-state index contributed by atoms with van der Waals surface area (Å²) in [5.74, 6) is 1.19. The van der Waals surface area contributed by atoms with Gasteiger partial charge in [0.2, 0.25) is 0 Å². The third kappa shape index (κ3) is 4.13. The van der Waals surface area contributed by atoms with E-state index in [1.54, 1.807) is 23.9 Å². The van der Waals surface area contributed by atoms with Gasteiger partial charge in [-0.05, 0) is 30.4 Å². The number of hydrogen-bond acceptors (Lipinski definition) is 2. The summed E-state index contributed by atoms with van der Waals surface area (Å²) in [6.07, 6.45) is 0.345. The van der Waals surface area contributed by atoms with Crippen LogP contribution in [0.15, 0.2) is 22.7 Å². The first-order valence-electron chi connectivity index (χ1n) is 4.86. The van der Waals surface area contributed by atoms with Crippen LogP contribution in [0.5, 0.6) is 0 Å². The van der Waals surface area contributed by atoms with Crippen LogP contribution < -0.4 is 0 Å². The molecule has 0 aromatic heterocycles. The average molecular weight is 293 g/mol. The predicted octanol–water partition coefficient (Wildman–Crippen LogP) is 3.76. The SMILES string of the molecule is CCCSCC(O)c1cc(Br)ccc1F. The minimum absolute atomic E-state index is 0.345.